The highest BCUT2D eigenvalue weighted by Gasteiger charge is 2.17. The van der Waals surface area contributed by atoms with Gasteiger partial charge < -0.3 is 9.84 Å². The summed E-state index contributed by atoms with van der Waals surface area (Å²) in [6, 6.07) is 0. The van der Waals surface area contributed by atoms with Crippen molar-refractivity contribution < 1.29 is 14.6 Å². The molecule has 0 bridgehead atoms. The van der Waals surface area contributed by atoms with Crippen molar-refractivity contribution in [1.29, 1.82) is 0 Å². The van der Waals surface area contributed by atoms with Crippen LogP contribution in [0.4, 0.5) is 0 Å². The molecule has 0 atom stereocenters. The molecule has 0 heterocycles. The van der Waals surface area contributed by atoms with E-state index in [1.54, 1.807) is 6.92 Å². The molecular weight excluding hydrogens is 240 g/mol. The third-order valence-electron chi connectivity index (χ3n) is 3.75. The average Bonchev–Trinajstić information content (AvgIpc) is 2.41. The van der Waals surface area contributed by atoms with Crippen LogP contribution in [0.1, 0.15) is 71.1 Å². The first-order valence-electron chi connectivity index (χ1n) is 7.64. The Bertz CT molecular complexity index is 274. The quantitative estimate of drug-likeness (QED) is 0.613. The van der Waals surface area contributed by atoms with E-state index in [0.29, 0.717) is 5.57 Å². The lowest BCUT2D eigenvalue weighted by atomic mass is 9.98. The largest absolute Gasteiger partial charge is 0.459 e. The first-order chi connectivity index (χ1) is 9.09. The fraction of sp³-hybridized carbons (Fsp3) is 0.812. The average molecular weight is 268 g/mol. The summed E-state index contributed by atoms with van der Waals surface area (Å²) in [6.45, 7) is 5.23. The van der Waals surface area contributed by atoms with Gasteiger partial charge in [-0.2, -0.15) is 0 Å². The lowest BCUT2D eigenvalue weighted by Crippen LogP contribution is -2.20. The minimum Gasteiger partial charge on any atom is -0.459 e. The Morgan fingerprint density at radius 1 is 1.00 bits per heavy atom. The van der Waals surface area contributed by atoms with Crippen molar-refractivity contribution >= 4 is 5.97 Å². The van der Waals surface area contributed by atoms with Gasteiger partial charge in [0.05, 0.1) is 6.10 Å². The smallest absolute Gasteiger partial charge is 0.333 e. The van der Waals surface area contributed by atoms with Crippen LogP contribution < -0.4 is 0 Å². The molecule has 110 valence electrons. The molecular formula is C16H28O3. The minimum atomic E-state index is -0.234. The van der Waals surface area contributed by atoms with Crippen LogP contribution in [0.3, 0.4) is 0 Å². The fourth-order valence-corrected chi connectivity index (χ4v) is 2.52. The van der Waals surface area contributed by atoms with Crippen LogP contribution >= 0.6 is 0 Å². The molecule has 2 saturated carbocycles. The summed E-state index contributed by atoms with van der Waals surface area (Å²) >= 11 is 0. The summed E-state index contributed by atoms with van der Waals surface area (Å²) in [5, 5.41) is 8.91. The highest BCUT2D eigenvalue weighted by molar-refractivity contribution is 5.87. The SMILES string of the molecule is C=C(C)C(=O)OC1CCCCC1.OC1CCCCC1. The molecule has 19 heavy (non-hydrogen) atoms. The maximum atomic E-state index is 11.1. The van der Waals surface area contributed by atoms with Crippen molar-refractivity contribution in [2.24, 2.45) is 0 Å². The molecule has 3 heteroatoms. The molecule has 2 rings (SSSR count). The highest BCUT2D eigenvalue weighted by atomic mass is 16.5. The summed E-state index contributed by atoms with van der Waals surface area (Å²) in [5.41, 5.74) is 0.501. The van der Waals surface area contributed by atoms with Gasteiger partial charge in [-0.3, -0.25) is 0 Å². The predicted molar refractivity (Wildman–Crippen MR) is 76.9 cm³/mol. The zero-order valence-electron chi connectivity index (χ0n) is 12.2. The number of hydrogen-bond donors (Lipinski definition) is 1. The fourth-order valence-electron chi connectivity index (χ4n) is 2.52. The van der Waals surface area contributed by atoms with Gasteiger partial charge in [-0.25, -0.2) is 4.79 Å². The molecule has 0 spiro atoms. The van der Waals surface area contributed by atoms with Gasteiger partial charge in [-0.05, 0) is 45.4 Å². The third kappa shape index (κ3) is 7.36. The standard InChI is InChI=1S/C10H16O2.C6H12O/c1-8(2)10(11)12-9-6-4-3-5-7-9;7-6-4-2-1-3-5-6/h9H,1,3-7H2,2H3;6-7H,1-5H2. The number of hydrogen-bond acceptors (Lipinski definition) is 3. The van der Waals surface area contributed by atoms with Gasteiger partial charge in [0.2, 0.25) is 0 Å². The summed E-state index contributed by atoms with van der Waals surface area (Å²) in [7, 11) is 0. The van der Waals surface area contributed by atoms with Crippen LogP contribution in [0.15, 0.2) is 12.2 Å². The number of rotatable bonds is 2. The van der Waals surface area contributed by atoms with E-state index in [0.717, 1.165) is 25.7 Å². The second kappa shape index (κ2) is 9.13. The van der Waals surface area contributed by atoms with Crippen molar-refractivity contribution in [3.63, 3.8) is 0 Å². The first kappa shape index (κ1) is 16.2. The number of carbonyl (C=O) groups excluding carboxylic acids is 1. The second-order valence-corrected chi connectivity index (χ2v) is 5.74. The molecule has 2 fully saturated rings. The van der Waals surface area contributed by atoms with E-state index < -0.39 is 0 Å². The lowest BCUT2D eigenvalue weighted by Gasteiger charge is -2.21. The molecule has 0 aliphatic heterocycles. The molecule has 1 N–H and O–H groups in total. The Hall–Kier alpha value is -0.830. The summed E-state index contributed by atoms with van der Waals surface area (Å²) in [5.74, 6) is -0.234. The van der Waals surface area contributed by atoms with Gasteiger partial charge in [0, 0.05) is 5.57 Å². The topological polar surface area (TPSA) is 46.5 Å². The molecule has 3 nitrogen and oxygen atoms in total. The molecule has 0 amide bonds. The number of ether oxygens (including phenoxy) is 1. The zero-order chi connectivity index (χ0) is 14.1. The molecule has 0 aromatic rings. The third-order valence-corrected chi connectivity index (χ3v) is 3.75. The number of aliphatic hydroxyl groups is 1. The number of carbonyl (C=O) groups is 1. The van der Waals surface area contributed by atoms with Crippen LogP contribution in [0.25, 0.3) is 0 Å². The van der Waals surface area contributed by atoms with E-state index in [1.807, 2.05) is 0 Å². The zero-order valence-corrected chi connectivity index (χ0v) is 12.2. The van der Waals surface area contributed by atoms with Crippen LogP contribution in [0, 0.1) is 0 Å². The Morgan fingerprint density at radius 2 is 1.47 bits per heavy atom. The Morgan fingerprint density at radius 3 is 1.84 bits per heavy atom. The van der Waals surface area contributed by atoms with Crippen LogP contribution in [-0.4, -0.2) is 23.3 Å². The van der Waals surface area contributed by atoms with Gasteiger partial charge >= 0.3 is 5.97 Å². The molecule has 0 saturated heterocycles. The van der Waals surface area contributed by atoms with E-state index in [1.165, 1.54) is 38.5 Å². The van der Waals surface area contributed by atoms with Crippen molar-refractivity contribution in [3.05, 3.63) is 12.2 Å². The molecule has 0 unspecified atom stereocenters. The van der Waals surface area contributed by atoms with Crippen molar-refractivity contribution in [2.45, 2.75) is 83.3 Å². The number of esters is 1. The van der Waals surface area contributed by atoms with Crippen LogP contribution in [0.5, 0.6) is 0 Å². The molecule has 0 radical (unpaired) electrons. The summed E-state index contributed by atoms with van der Waals surface area (Å²) in [6.07, 6.45) is 11.8. The monoisotopic (exact) mass is 268 g/mol. The maximum Gasteiger partial charge on any atom is 0.333 e. The van der Waals surface area contributed by atoms with Crippen LogP contribution in [-0.2, 0) is 9.53 Å². The van der Waals surface area contributed by atoms with Crippen LogP contribution in [0.2, 0.25) is 0 Å². The van der Waals surface area contributed by atoms with Gasteiger partial charge in [0.15, 0.2) is 0 Å². The van der Waals surface area contributed by atoms with Gasteiger partial charge in [-0.15, -0.1) is 0 Å². The Kier molecular flexibility index (Phi) is 7.80. The number of aliphatic hydroxyl groups excluding tert-OH is 1. The van der Waals surface area contributed by atoms with E-state index >= 15 is 0 Å². The summed E-state index contributed by atoms with van der Waals surface area (Å²) < 4.78 is 5.21. The van der Waals surface area contributed by atoms with Crippen molar-refractivity contribution in [2.75, 3.05) is 0 Å². The highest BCUT2D eigenvalue weighted by Crippen LogP contribution is 2.20. The van der Waals surface area contributed by atoms with Gasteiger partial charge in [0.25, 0.3) is 0 Å². The first-order valence-corrected chi connectivity index (χ1v) is 7.64. The van der Waals surface area contributed by atoms with Crippen molar-refractivity contribution in [3.8, 4) is 0 Å². The molecule has 2 aliphatic carbocycles. The Labute approximate surface area is 117 Å². The predicted octanol–water partition coefficient (Wildman–Crippen LogP) is 3.75. The van der Waals surface area contributed by atoms with E-state index in [9.17, 15) is 4.79 Å². The maximum absolute atomic E-state index is 11.1. The normalized spacial score (nSPS) is 21.2. The second-order valence-electron chi connectivity index (χ2n) is 5.74. The lowest BCUT2D eigenvalue weighted by molar-refractivity contribution is -0.145. The van der Waals surface area contributed by atoms with E-state index in [4.69, 9.17) is 9.84 Å². The molecule has 0 aromatic heterocycles. The van der Waals surface area contributed by atoms with E-state index in [-0.39, 0.29) is 18.2 Å². The Balaban J connectivity index is 0.000000218. The van der Waals surface area contributed by atoms with Crippen molar-refractivity contribution in [1.82, 2.24) is 0 Å². The molecule has 2 aliphatic rings. The summed E-state index contributed by atoms with van der Waals surface area (Å²) in [4.78, 5) is 11.1. The molecule has 0 aromatic carbocycles. The van der Waals surface area contributed by atoms with E-state index in [2.05, 4.69) is 6.58 Å². The van der Waals surface area contributed by atoms with Gasteiger partial charge in [-0.1, -0.05) is 32.3 Å². The van der Waals surface area contributed by atoms with Gasteiger partial charge in [0.1, 0.15) is 6.10 Å². The minimum absolute atomic E-state index is 0.0359.